The molecule has 1 fully saturated rings. The Balaban J connectivity index is 1.37. The highest BCUT2D eigenvalue weighted by molar-refractivity contribution is 5.71. The van der Waals surface area contributed by atoms with Gasteiger partial charge in [-0.1, -0.05) is 106 Å². The van der Waals surface area contributed by atoms with E-state index in [1.165, 1.54) is 32.1 Å². The largest absolute Gasteiger partial charge is 0.374 e. The highest BCUT2D eigenvalue weighted by atomic mass is 19.2. The molecule has 3 aromatic rings. The summed E-state index contributed by atoms with van der Waals surface area (Å²) in [5, 5.41) is 0. The van der Waals surface area contributed by atoms with E-state index < -0.39 is 11.6 Å². The summed E-state index contributed by atoms with van der Waals surface area (Å²) >= 11 is 0. The maximum absolute atomic E-state index is 15.1. The number of halogens is 3. The lowest BCUT2D eigenvalue weighted by Gasteiger charge is -2.27. The van der Waals surface area contributed by atoms with Crippen LogP contribution in [0.2, 0.25) is 0 Å². The van der Waals surface area contributed by atoms with Gasteiger partial charge in [-0.3, -0.25) is 0 Å². The van der Waals surface area contributed by atoms with Gasteiger partial charge in [0.1, 0.15) is 5.82 Å². The van der Waals surface area contributed by atoms with Crippen LogP contribution in [0.4, 0.5) is 13.2 Å². The number of hydrogen-bond acceptors (Lipinski definition) is 1. The summed E-state index contributed by atoms with van der Waals surface area (Å²) in [5.74, 6) is -1.70. The van der Waals surface area contributed by atoms with Gasteiger partial charge in [-0.2, -0.15) is 0 Å². The van der Waals surface area contributed by atoms with Crippen LogP contribution >= 0.6 is 0 Å². The minimum absolute atomic E-state index is 0.0771. The second-order valence-electron chi connectivity index (χ2n) is 10.8. The summed E-state index contributed by atoms with van der Waals surface area (Å²) in [6.07, 6.45) is 13.6. The molecule has 1 heterocycles. The van der Waals surface area contributed by atoms with Crippen molar-refractivity contribution in [2.24, 2.45) is 0 Å². The lowest BCUT2D eigenvalue weighted by molar-refractivity contribution is 0.0328. The van der Waals surface area contributed by atoms with Gasteiger partial charge in [0.15, 0.2) is 11.6 Å². The van der Waals surface area contributed by atoms with E-state index in [9.17, 15) is 4.39 Å². The van der Waals surface area contributed by atoms with Crippen molar-refractivity contribution in [1.82, 2.24) is 0 Å². The van der Waals surface area contributed by atoms with E-state index >= 15 is 8.78 Å². The molecule has 1 nitrogen and oxygen atoms in total. The van der Waals surface area contributed by atoms with E-state index in [0.717, 1.165) is 37.7 Å². The summed E-state index contributed by atoms with van der Waals surface area (Å²) in [7, 11) is 0. The van der Waals surface area contributed by atoms with Gasteiger partial charge in [-0.05, 0) is 54.0 Å². The minimum atomic E-state index is -0.816. The molecule has 0 aromatic heterocycles. The number of rotatable bonds is 13. The molecule has 4 heteroatoms. The molecule has 0 radical (unpaired) electrons. The molecular weight excluding hydrogens is 493 g/mol. The van der Waals surface area contributed by atoms with Gasteiger partial charge in [0.25, 0.3) is 0 Å². The topological polar surface area (TPSA) is 9.23 Å². The monoisotopic (exact) mass is 534 g/mol. The van der Waals surface area contributed by atoms with Gasteiger partial charge in [0.05, 0.1) is 12.7 Å². The Morgan fingerprint density at radius 2 is 1.41 bits per heavy atom. The molecule has 2 unspecified atom stereocenters. The predicted molar refractivity (Wildman–Crippen MR) is 155 cm³/mol. The first-order valence-corrected chi connectivity index (χ1v) is 14.6. The predicted octanol–water partition coefficient (Wildman–Crippen LogP) is 10.6. The van der Waals surface area contributed by atoms with Crippen LogP contribution in [0.5, 0.6) is 0 Å². The fourth-order valence-electron chi connectivity index (χ4n) is 5.52. The molecule has 1 aliphatic heterocycles. The standard InChI is InChI=1S/C35H41F3O/c1-3-5-6-7-8-9-10-11-12-27-18-22-32(35(38)34(27)37)26-15-13-25(14-16-26)31-21-19-28(23-33(31)36)29-17-20-30(4-2)39-24-29/h4,13-16,18-19,21-23,29-30H,2-3,5-12,17,20,24H2,1H3. The molecule has 208 valence electrons. The average molecular weight is 535 g/mol. The zero-order chi connectivity index (χ0) is 27.6. The molecule has 39 heavy (non-hydrogen) atoms. The number of ether oxygens (including phenoxy) is 1. The Hall–Kier alpha value is -2.85. The van der Waals surface area contributed by atoms with Crippen molar-refractivity contribution in [3.63, 3.8) is 0 Å². The smallest absolute Gasteiger partial charge is 0.166 e. The molecule has 0 bridgehead atoms. The molecule has 1 aliphatic rings. The van der Waals surface area contributed by atoms with E-state index in [2.05, 4.69) is 13.5 Å². The zero-order valence-corrected chi connectivity index (χ0v) is 23.2. The third-order valence-corrected chi connectivity index (χ3v) is 8.01. The van der Waals surface area contributed by atoms with E-state index in [0.29, 0.717) is 35.3 Å². The number of aryl methyl sites for hydroxylation is 1. The van der Waals surface area contributed by atoms with Crippen molar-refractivity contribution in [2.75, 3.05) is 6.61 Å². The Labute approximate surface area is 232 Å². The molecule has 2 atom stereocenters. The summed E-state index contributed by atoms with van der Waals surface area (Å²) in [5.41, 5.74) is 3.34. The fourth-order valence-corrected chi connectivity index (χ4v) is 5.52. The first-order valence-electron chi connectivity index (χ1n) is 14.6. The molecule has 3 aromatic carbocycles. The van der Waals surface area contributed by atoms with Crippen molar-refractivity contribution < 1.29 is 17.9 Å². The Morgan fingerprint density at radius 1 is 0.769 bits per heavy atom. The van der Waals surface area contributed by atoms with Crippen LogP contribution in [0.1, 0.15) is 88.2 Å². The SMILES string of the molecule is C=CC1CCC(c2ccc(-c3ccc(-c4ccc(CCCCCCCCCC)c(F)c4F)cc3)c(F)c2)CO1. The number of benzene rings is 3. The lowest BCUT2D eigenvalue weighted by Crippen LogP contribution is -2.23. The average Bonchev–Trinajstić information content (AvgIpc) is 2.97. The van der Waals surface area contributed by atoms with E-state index in [1.807, 2.05) is 12.1 Å². The molecule has 1 saturated heterocycles. The lowest BCUT2D eigenvalue weighted by atomic mass is 9.90. The van der Waals surface area contributed by atoms with Gasteiger partial charge >= 0.3 is 0 Å². The molecular formula is C35H41F3O. The Morgan fingerprint density at radius 3 is 2.03 bits per heavy atom. The van der Waals surface area contributed by atoms with E-state index in [-0.39, 0.29) is 23.4 Å². The second-order valence-corrected chi connectivity index (χ2v) is 10.8. The Bertz CT molecular complexity index is 1210. The van der Waals surface area contributed by atoms with Crippen LogP contribution in [-0.4, -0.2) is 12.7 Å². The van der Waals surface area contributed by atoms with Crippen molar-refractivity contribution in [3.8, 4) is 22.3 Å². The molecule has 4 rings (SSSR count). The Kier molecular flexibility index (Phi) is 10.8. The maximum atomic E-state index is 15.1. The maximum Gasteiger partial charge on any atom is 0.166 e. The normalized spacial score (nSPS) is 17.3. The molecule has 0 saturated carbocycles. The van der Waals surface area contributed by atoms with Crippen molar-refractivity contribution in [3.05, 3.63) is 95.8 Å². The van der Waals surface area contributed by atoms with Crippen LogP contribution in [0.15, 0.2) is 67.3 Å². The minimum Gasteiger partial charge on any atom is -0.374 e. The third-order valence-electron chi connectivity index (χ3n) is 8.01. The van der Waals surface area contributed by atoms with Crippen LogP contribution < -0.4 is 0 Å². The highest BCUT2D eigenvalue weighted by Crippen LogP contribution is 2.33. The fraction of sp³-hybridized carbons (Fsp3) is 0.429. The summed E-state index contributed by atoms with van der Waals surface area (Å²) < 4.78 is 50.7. The number of unbranched alkanes of at least 4 members (excludes halogenated alkanes) is 7. The van der Waals surface area contributed by atoms with E-state index in [4.69, 9.17) is 4.74 Å². The van der Waals surface area contributed by atoms with E-state index in [1.54, 1.807) is 48.5 Å². The van der Waals surface area contributed by atoms with Gasteiger partial charge in [-0.15, -0.1) is 6.58 Å². The van der Waals surface area contributed by atoms with Crippen LogP contribution in [0.25, 0.3) is 22.3 Å². The summed E-state index contributed by atoms with van der Waals surface area (Å²) in [6, 6.07) is 15.7. The molecule has 0 amide bonds. The van der Waals surface area contributed by atoms with Crippen molar-refractivity contribution in [1.29, 1.82) is 0 Å². The van der Waals surface area contributed by atoms with Gasteiger partial charge in [-0.25, -0.2) is 13.2 Å². The quantitative estimate of drug-likeness (QED) is 0.157. The first kappa shape index (κ1) is 29.1. The number of hydrogen-bond donors (Lipinski definition) is 0. The van der Waals surface area contributed by atoms with Crippen LogP contribution in [-0.2, 0) is 11.2 Å². The van der Waals surface area contributed by atoms with Crippen LogP contribution in [0, 0.1) is 17.5 Å². The summed E-state index contributed by atoms with van der Waals surface area (Å²) in [6.45, 7) is 6.55. The van der Waals surface area contributed by atoms with Gasteiger partial charge < -0.3 is 4.74 Å². The van der Waals surface area contributed by atoms with Gasteiger partial charge in [0, 0.05) is 17.0 Å². The molecule has 0 aliphatic carbocycles. The van der Waals surface area contributed by atoms with Gasteiger partial charge in [0.2, 0.25) is 0 Å². The van der Waals surface area contributed by atoms with Crippen molar-refractivity contribution in [2.45, 2.75) is 89.6 Å². The molecule has 0 N–H and O–H groups in total. The summed E-state index contributed by atoms with van der Waals surface area (Å²) in [4.78, 5) is 0. The highest BCUT2D eigenvalue weighted by Gasteiger charge is 2.22. The first-order chi connectivity index (χ1) is 19.0. The second kappa shape index (κ2) is 14.5. The van der Waals surface area contributed by atoms with Crippen molar-refractivity contribution >= 4 is 0 Å². The van der Waals surface area contributed by atoms with Crippen LogP contribution in [0.3, 0.4) is 0 Å². The third kappa shape index (κ3) is 7.63. The molecule has 0 spiro atoms. The zero-order valence-electron chi connectivity index (χ0n) is 23.2.